The number of nitrogens with two attached hydrogens (primary N) is 1. The normalized spacial score (nSPS) is 11.1. The van der Waals surface area contributed by atoms with Gasteiger partial charge in [0.2, 0.25) is 11.5 Å². The van der Waals surface area contributed by atoms with E-state index in [1.165, 1.54) is 4.90 Å². The summed E-state index contributed by atoms with van der Waals surface area (Å²) >= 11 is 1.00. The number of allylic oxidation sites excluding steroid dienone is 1. The second kappa shape index (κ2) is 14.0. The second-order valence-corrected chi connectivity index (χ2v) is 8.64. The number of anilines is 1. The number of carbonyl (C=O) groups is 3. The maximum Gasteiger partial charge on any atom is 0.338 e. The first-order valence-corrected chi connectivity index (χ1v) is 11.7. The van der Waals surface area contributed by atoms with Crippen molar-refractivity contribution in [3.8, 4) is 0 Å². The summed E-state index contributed by atoms with van der Waals surface area (Å²) in [6.07, 6.45) is 2.49. The van der Waals surface area contributed by atoms with Crippen LogP contribution in [0.3, 0.4) is 0 Å². The third kappa shape index (κ3) is 7.93. The SMILES string of the molecule is C/C(=C(/CCOC(=O)c1ccccc1)SC(=O)c1ccccc1)N(C=O)Cc1cnc(C)nc1N.Cl. The highest BCUT2D eigenvalue weighted by Crippen LogP contribution is 2.29. The van der Waals surface area contributed by atoms with Crippen LogP contribution >= 0.6 is 24.2 Å². The van der Waals surface area contributed by atoms with Gasteiger partial charge in [0.15, 0.2) is 0 Å². The zero-order valence-corrected chi connectivity index (χ0v) is 21.6. The van der Waals surface area contributed by atoms with Crippen molar-refractivity contribution in [2.75, 3.05) is 12.3 Å². The molecule has 188 valence electrons. The number of esters is 1. The highest BCUT2D eigenvalue weighted by atomic mass is 35.5. The Morgan fingerprint density at radius 3 is 2.25 bits per heavy atom. The van der Waals surface area contributed by atoms with Gasteiger partial charge in [-0.25, -0.2) is 14.8 Å². The molecule has 0 fully saturated rings. The Hall–Kier alpha value is -3.69. The van der Waals surface area contributed by atoms with E-state index < -0.39 is 5.97 Å². The van der Waals surface area contributed by atoms with Gasteiger partial charge in [-0.05, 0) is 37.7 Å². The summed E-state index contributed by atoms with van der Waals surface area (Å²) < 4.78 is 5.42. The predicted molar refractivity (Wildman–Crippen MR) is 142 cm³/mol. The highest BCUT2D eigenvalue weighted by Gasteiger charge is 2.18. The van der Waals surface area contributed by atoms with Gasteiger partial charge in [0.1, 0.15) is 11.6 Å². The fraction of sp³-hybridized carbons (Fsp3) is 0.192. The number of rotatable bonds is 10. The van der Waals surface area contributed by atoms with Crippen LogP contribution in [-0.2, 0) is 16.1 Å². The number of nitrogen functional groups attached to an aromatic ring is 1. The van der Waals surface area contributed by atoms with Gasteiger partial charge in [-0.3, -0.25) is 9.59 Å². The quantitative estimate of drug-likeness (QED) is 0.296. The van der Waals surface area contributed by atoms with E-state index in [0.29, 0.717) is 39.5 Å². The number of hydrogen-bond donors (Lipinski definition) is 1. The van der Waals surface area contributed by atoms with Crippen LogP contribution in [-0.4, -0.2) is 39.0 Å². The van der Waals surface area contributed by atoms with E-state index in [1.807, 2.05) is 12.1 Å². The topological polar surface area (TPSA) is 115 Å². The molecule has 2 N–H and O–H groups in total. The number of halogens is 1. The van der Waals surface area contributed by atoms with Gasteiger partial charge in [-0.1, -0.05) is 48.5 Å². The van der Waals surface area contributed by atoms with Crippen LogP contribution in [0.2, 0.25) is 0 Å². The molecule has 3 rings (SSSR count). The van der Waals surface area contributed by atoms with Gasteiger partial charge in [-0.2, -0.15) is 0 Å². The summed E-state index contributed by atoms with van der Waals surface area (Å²) in [5, 5.41) is -0.182. The summed E-state index contributed by atoms with van der Waals surface area (Å²) in [6.45, 7) is 3.63. The molecule has 8 nitrogen and oxygen atoms in total. The Balaban J connectivity index is 0.00000456. The number of carbonyl (C=O) groups excluding carboxylic acids is 3. The van der Waals surface area contributed by atoms with Gasteiger partial charge in [-0.15, -0.1) is 12.4 Å². The Morgan fingerprint density at radius 1 is 1.06 bits per heavy atom. The van der Waals surface area contributed by atoms with E-state index in [4.69, 9.17) is 10.5 Å². The van der Waals surface area contributed by atoms with Crippen LogP contribution in [0.5, 0.6) is 0 Å². The number of nitrogens with zero attached hydrogens (tertiary/aromatic N) is 3. The van der Waals surface area contributed by atoms with Crippen molar-refractivity contribution >= 4 is 47.5 Å². The number of ether oxygens (including phenoxy) is 1. The van der Waals surface area contributed by atoms with Gasteiger partial charge in [0.25, 0.3) is 0 Å². The maximum atomic E-state index is 12.9. The molecule has 0 aliphatic carbocycles. The Kier molecular flexibility index (Phi) is 11.1. The van der Waals surface area contributed by atoms with Crippen molar-refractivity contribution in [1.82, 2.24) is 14.9 Å². The average Bonchev–Trinajstić information content (AvgIpc) is 2.88. The van der Waals surface area contributed by atoms with E-state index in [0.717, 1.165) is 11.8 Å². The molecular formula is C26H27ClN4O4S. The molecule has 0 radical (unpaired) electrons. The molecule has 0 aliphatic rings. The Morgan fingerprint density at radius 2 is 1.67 bits per heavy atom. The predicted octanol–water partition coefficient (Wildman–Crippen LogP) is 4.80. The Bertz CT molecular complexity index is 1220. The van der Waals surface area contributed by atoms with Crippen LogP contribution in [0.25, 0.3) is 0 Å². The summed E-state index contributed by atoms with van der Waals surface area (Å²) in [6, 6.07) is 17.5. The lowest BCUT2D eigenvalue weighted by atomic mass is 10.2. The molecule has 36 heavy (non-hydrogen) atoms. The van der Waals surface area contributed by atoms with Crippen LogP contribution in [0.1, 0.15) is 45.4 Å². The zero-order chi connectivity index (χ0) is 25.2. The number of aryl methyl sites for hydroxylation is 1. The van der Waals surface area contributed by atoms with Crippen LogP contribution in [0.4, 0.5) is 5.82 Å². The molecule has 3 aromatic rings. The third-order valence-electron chi connectivity index (χ3n) is 5.12. The molecule has 0 aliphatic heterocycles. The summed E-state index contributed by atoms with van der Waals surface area (Å²) in [5.74, 6) is 0.350. The third-order valence-corrected chi connectivity index (χ3v) is 6.28. The lowest BCUT2D eigenvalue weighted by Gasteiger charge is -2.22. The molecule has 1 amide bonds. The lowest BCUT2D eigenvalue weighted by molar-refractivity contribution is -0.116. The Labute approximate surface area is 220 Å². The first kappa shape index (κ1) is 28.5. The fourth-order valence-electron chi connectivity index (χ4n) is 3.16. The molecule has 0 saturated carbocycles. The van der Waals surface area contributed by atoms with Gasteiger partial charge < -0.3 is 15.4 Å². The number of aromatic nitrogens is 2. The fourth-order valence-corrected chi connectivity index (χ4v) is 4.09. The van der Waals surface area contributed by atoms with Crippen LogP contribution < -0.4 is 5.73 Å². The van der Waals surface area contributed by atoms with Crippen molar-refractivity contribution in [2.45, 2.75) is 26.8 Å². The summed E-state index contributed by atoms with van der Waals surface area (Å²) in [7, 11) is 0. The average molecular weight is 527 g/mol. The molecule has 2 aromatic carbocycles. The van der Waals surface area contributed by atoms with Crippen molar-refractivity contribution in [1.29, 1.82) is 0 Å². The maximum absolute atomic E-state index is 12.9. The van der Waals surface area contributed by atoms with Gasteiger partial charge in [0, 0.05) is 34.3 Å². The molecule has 10 heteroatoms. The molecule has 0 atom stereocenters. The molecule has 0 unspecified atom stereocenters. The number of amides is 1. The summed E-state index contributed by atoms with van der Waals surface area (Å²) in [5.41, 5.74) is 8.09. The first-order chi connectivity index (χ1) is 16.9. The minimum Gasteiger partial charge on any atom is -0.462 e. The number of thioether (sulfide) groups is 1. The number of benzene rings is 2. The largest absolute Gasteiger partial charge is 0.462 e. The van der Waals surface area contributed by atoms with Crippen molar-refractivity contribution in [3.63, 3.8) is 0 Å². The zero-order valence-electron chi connectivity index (χ0n) is 19.9. The van der Waals surface area contributed by atoms with E-state index in [-0.39, 0.29) is 42.9 Å². The molecular weight excluding hydrogens is 500 g/mol. The smallest absolute Gasteiger partial charge is 0.338 e. The van der Waals surface area contributed by atoms with Gasteiger partial charge in [0.05, 0.1) is 18.7 Å². The van der Waals surface area contributed by atoms with Gasteiger partial charge >= 0.3 is 5.97 Å². The summed E-state index contributed by atoms with van der Waals surface area (Å²) in [4.78, 5) is 47.6. The molecule has 1 aromatic heterocycles. The van der Waals surface area contributed by atoms with E-state index in [9.17, 15) is 14.4 Å². The van der Waals surface area contributed by atoms with Crippen LogP contribution in [0, 0.1) is 6.92 Å². The lowest BCUT2D eigenvalue weighted by Crippen LogP contribution is -2.22. The molecule has 1 heterocycles. The van der Waals surface area contributed by atoms with Crippen molar-refractivity contribution < 1.29 is 19.1 Å². The van der Waals surface area contributed by atoms with E-state index >= 15 is 0 Å². The van der Waals surface area contributed by atoms with E-state index in [1.54, 1.807) is 68.6 Å². The second-order valence-electron chi connectivity index (χ2n) is 7.58. The number of hydrogen-bond acceptors (Lipinski definition) is 8. The molecule has 0 bridgehead atoms. The van der Waals surface area contributed by atoms with Crippen molar-refractivity contribution in [3.05, 3.63) is 100.0 Å². The first-order valence-electron chi connectivity index (χ1n) is 10.9. The highest BCUT2D eigenvalue weighted by molar-refractivity contribution is 8.17. The monoisotopic (exact) mass is 526 g/mol. The van der Waals surface area contributed by atoms with Crippen molar-refractivity contribution in [2.24, 2.45) is 0 Å². The molecule has 0 saturated heterocycles. The standard InChI is InChI=1S/C26H26N4O4S.ClH/c1-18(30(17-31)16-22-15-28-19(2)29-24(22)27)23(35-26(33)21-11-7-4-8-12-21)13-14-34-25(32)20-9-5-3-6-10-20;/h3-12,15,17H,13-14,16H2,1-2H3,(H2,27,28,29);1H/b23-18+;. The minimum absolute atomic E-state index is 0. The molecule has 0 spiro atoms. The van der Waals surface area contributed by atoms with Crippen LogP contribution in [0.15, 0.2) is 77.5 Å². The van der Waals surface area contributed by atoms with E-state index in [2.05, 4.69) is 9.97 Å². The minimum atomic E-state index is -0.459.